The van der Waals surface area contributed by atoms with Crippen LogP contribution >= 0.6 is 0 Å². The van der Waals surface area contributed by atoms with Crippen LogP contribution in [-0.2, 0) is 21.1 Å². The molecule has 1 fully saturated rings. The zero-order valence-corrected chi connectivity index (χ0v) is 9.43. The van der Waals surface area contributed by atoms with E-state index in [0.717, 1.165) is 0 Å². The molecule has 57 valence electrons. The topological polar surface area (TPSA) is 0 Å². The van der Waals surface area contributed by atoms with Crippen LogP contribution in [0.15, 0.2) is 0 Å². The number of hydrogen-bond acceptors (Lipinski definition) is 0. The van der Waals surface area contributed by atoms with Gasteiger partial charge in [0.2, 0.25) is 0 Å². The normalized spacial score (nSPS) is 21.0. The van der Waals surface area contributed by atoms with Gasteiger partial charge in [0.05, 0.1) is 0 Å². The van der Waals surface area contributed by atoms with Crippen molar-refractivity contribution in [3.05, 3.63) is 6.04 Å². The molecule has 0 atom stereocenters. The first kappa shape index (κ1) is 9.91. The molecular formula is C7H15PtSi. The number of hydrogen-bond donors (Lipinski definition) is 0. The molecule has 0 N–H and O–H groups in total. The molecule has 0 aliphatic carbocycles. The van der Waals surface area contributed by atoms with Gasteiger partial charge in [-0.15, -0.1) is 0 Å². The monoisotopic (exact) mass is 322 g/mol. The molecule has 0 nitrogen and oxygen atoms in total. The molecule has 2 heteroatoms. The molecule has 0 amide bonds. The van der Waals surface area contributed by atoms with Crippen molar-refractivity contribution < 1.29 is 21.1 Å². The Morgan fingerprint density at radius 2 is 1.67 bits per heavy atom. The minimum atomic E-state index is -0.230. The Balaban J connectivity index is 0.000000640. The molecule has 0 spiro atoms. The van der Waals surface area contributed by atoms with Gasteiger partial charge in [-0.05, 0) is 0 Å². The van der Waals surface area contributed by atoms with Crippen LogP contribution in [0.2, 0.25) is 12.1 Å². The largest absolute Gasteiger partial charge is 0.0652 e. The third-order valence-corrected chi connectivity index (χ3v) is 5.36. The van der Waals surface area contributed by atoms with Crippen molar-refractivity contribution in [2.45, 2.75) is 38.3 Å². The molecule has 1 heterocycles. The van der Waals surface area contributed by atoms with E-state index in [1.165, 1.54) is 19.3 Å². The van der Waals surface area contributed by atoms with E-state index in [1.807, 2.05) is 0 Å². The first-order valence-electron chi connectivity index (χ1n) is 3.73. The van der Waals surface area contributed by atoms with Gasteiger partial charge in [0.1, 0.15) is 0 Å². The van der Waals surface area contributed by atoms with E-state index in [1.54, 1.807) is 12.1 Å². The summed E-state index contributed by atoms with van der Waals surface area (Å²) in [6.07, 6.45) is 4.57. The van der Waals surface area contributed by atoms with E-state index < -0.39 is 0 Å². The molecule has 9 heavy (non-hydrogen) atoms. The van der Waals surface area contributed by atoms with Crippen LogP contribution in [0.3, 0.4) is 0 Å². The van der Waals surface area contributed by atoms with Crippen molar-refractivity contribution in [2.75, 3.05) is 0 Å². The molecule has 1 saturated heterocycles. The van der Waals surface area contributed by atoms with Gasteiger partial charge in [0, 0.05) is 29.9 Å². The summed E-state index contributed by atoms with van der Waals surface area (Å²) in [5, 5.41) is 0. The van der Waals surface area contributed by atoms with Gasteiger partial charge < -0.3 is 0 Å². The molecule has 0 aromatic rings. The summed E-state index contributed by atoms with van der Waals surface area (Å²) in [4.78, 5) is 0. The summed E-state index contributed by atoms with van der Waals surface area (Å²) in [6.45, 7) is 2.25. The Morgan fingerprint density at radius 3 is 2.00 bits per heavy atom. The standard InChI is InChI=1S/C7H15Si.Pt/c1-2-8-6-4-3-5-7-8;/h2,8H,3-7H2,1H3;. The maximum atomic E-state index is 2.50. The Kier molecular flexibility index (Phi) is 6.24. The van der Waals surface area contributed by atoms with Crippen LogP contribution in [0.5, 0.6) is 0 Å². The van der Waals surface area contributed by atoms with Crippen LogP contribution < -0.4 is 0 Å². The van der Waals surface area contributed by atoms with E-state index >= 15 is 0 Å². The fourth-order valence-electron chi connectivity index (χ4n) is 1.47. The fourth-order valence-corrected chi connectivity index (χ4v) is 4.05. The third kappa shape index (κ3) is 3.57. The van der Waals surface area contributed by atoms with Gasteiger partial charge in [-0.1, -0.05) is 44.3 Å². The quantitative estimate of drug-likeness (QED) is 0.649. The van der Waals surface area contributed by atoms with Crippen molar-refractivity contribution in [3.8, 4) is 0 Å². The number of rotatable bonds is 1. The van der Waals surface area contributed by atoms with Gasteiger partial charge in [-0.3, -0.25) is 0 Å². The SMILES string of the molecule is C[CH][SiH]1CCCCC1.[Pt]. The van der Waals surface area contributed by atoms with Gasteiger partial charge in [0.25, 0.3) is 0 Å². The molecule has 0 unspecified atom stereocenters. The van der Waals surface area contributed by atoms with Crippen molar-refractivity contribution >= 4 is 8.80 Å². The van der Waals surface area contributed by atoms with Gasteiger partial charge in [-0.2, -0.15) is 0 Å². The van der Waals surface area contributed by atoms with E-state index in [4.69, 9.17) is 0 Å². The van der Waals surface area contributed by atoms with E-state index in [0.29, 0.717) is 0 Å². The zero-order chi connectivity index (χ0) is 5.82. The summed E-state index contributed by atoms with van der Waals surface area (Å²) in [5.41, 5.74) is 0. The summed E-state index contributed by atoms with van der Waals surface area (Å²) in [5.74, 6) is 0. The Morgan fingerprint density at radius 1 is 1.11 bits per heavy atom. The third-order valence-electron chi connectivity index (χ3n) is 2.12. The molecule has 0 saturated carbocycles. The second-order valence-corrected chi connectivity index (χ2v) is 6.07. The van der Waals surface area contributed by atoms with Crippen molar-refractivity contribution in [2.24, 2.45) is 0 Å². The van der Waals surface area contributed by atoms with Gasteiger partial charge >= 0.3 is 0 Å². The van der Waals surface area contributed by atoms with E-state index in [-0.39, 0.29) is 29.9 Å². The maximum absolute atomic E-state index is 2.50. The smallest absolute Gasteiger partial charge is 0.0396 e. The van der Waals surface area contributed by atoms with Crippen molar-refractivity contribution in [1.82, 2.24) is 0 Å². The van der Waals surface area contributed by atoms with Crippen LogP contribution in [0.25, 0.3) is 0 Å². The summed E-state index contributed by atoms with van der Waals surface area (Å²) in [6, 6.07) is 5.69. The summed E-state index contributed by atoms with van der Waals surface area (Å²) >= 11 is 0. The van der Waals surface area contributed by atoms with Gasteiger partial charge in [-0.25, -0.2) is 0 Å². The zero-order valence-electron chi connectivity index (χ0n) is 6.01. The van der Waals surface area contributed by atoms with Crippen LogP contribution in [0.1, 0.15) is 26.2 Å². The first-order valence-corrected chi connectivity index (χ1v) is 6.03. The second kappa shape index (κ2) is 5.67. The van der Waals surface area contributed by atoms with Crippen molar-refractivity contribution in [1.29, 1.82) is 0 Å². The molecule has 1 rings (SSSR count). The summed E-state index contributed by atoms with van der Waals surface area (Å²) in [7, 11) is -0.230. The Bertz CT molecular complexity index is 59.9. The van der Waals surface area contributed by atoms with Crippen LogP contribution in [0, 0.1) is 6.04 Å². The Labute approximate surface area is 74.3 Å². The average Bonchev–Trinajstić information content (AvgIpc) is 1.90. The average molecular weight is 322 g/mol. The molecular weight excluding hydrogens is 307 g/mol. The van der Waals surface area contributed by atoms with Crippen LogP contribution in [0.4, 0.5) is 0 Å². The maximum Gasteiger partial charge on any atom is 0.0396 e. The molecule has 1 aliphatic heterocycles. The van der Waals surface area contributed by atoms with Crippen LogP contribution in [-0.4, -0.2) is 8.80 Å². The molecule has 1 aliphatic rings. The van der Waals surface area contributed by atoms with E-state index in [2.05, 4.69) is 13.0 Å². The molecule has 0 bridgehead atoms. The Hall–Kier alpha value is 0.905. The second-order valence-electron chi connectivity index (χ2n) is 2.73. The molecule has 1 radical (unpaired) electrons. The fraction of sp³-hybridized carbons (Fsp3) is 0.857. The minimum Gasteiger partial charge on any atom is -0.0652 e. The molecule has 0 aromatic carbocycles. The predicted octanol–water partition coefficient (Wildman–Crippen LogP) is 2.16. The van der Waals surface area contributed by atoms with Gasteiger partial charge in [0.15, 0.2) is 0 Å². The summed E-state index contributed by atoms with van der Waals surface area (Å²) < 4.78 is 0. The minimum absolute atomic E-state index is 0. The first-order chi connectivity index (χ1) is 3.93. The van der Waals surface area contributed by atoms with Crippen molar-refractivity contribution in [3.63, 3.8) is 0 Å². The van der Waals surface area contributed by atoms with E-state index in [9.17, 15) is 0 Å². The molecule has 0 aromatic heterocycles. The predicted molar refractivity (Wildman–Crippen MR) is 40.6 cm³/mol.